The van der Waals surface area contributed by atoms with E-state index < -0.39 is 0 Å². The zero-order chi connectivity index (χ0) is 29.9. The molecule has 3 heterocycles. The molecule has 0 radical (unpaired) electrons. The van der Waals surface area contributed by atoms with Crippen LogP contribution in [0.2, 0.25) is 0 Å². The molecule has 3 aliphatic heterocycles. The molecule has 1 N–H and O–H groups in total. The molecule has 0 unspecified atom stereocenters. The van der Waals surface area contributed by atoms with Gasteiger partial charge in [0.1, 0.15) is 12.4 Å². The summed E-state index contributed by atoms with van der Waals surface area (Å²) in [6.07, 6.45) is 3.84. The molecule has 8 heteroatoms. The molecule has 4 atom stereocenters. The van der Waals surface area contributed by atoms with E-state index in [1.54, 1.807) is 7.11 Å². The average molecular weight is 596 g/mol. The minimum absolute atomic E-state index is 0.0978. The lowest BCUT2D eigenvalue weighted by atomic mass is 9.78. The van der Waals surface area contributed by atoms with Gasteiger partial charge in [0.25, 0.3) is 0 Å². The maximum absolute atomic E-state index is 6.80. The van der Waals surface area contributed by atoms with Crippen molar-refractivity contribution >= 4 is 5.69 Å². The summed E-state index contributed by atoms with van der Waals surface area (Å²) in [5.41, 5.74) is 4.92. The van der Waals surface area contributed by atoms with E-state index in [-0.39, 0.29) is 12.2 Å². The lowest BCUT2D eigenvalue weighted by Gasteiger charge is -2.40. The zero-order valence-electron chi connectivity index (χ0n) is 26.6. The number of fused-ring (bicyclic) bond motifs is 1. The Morgan fingerprint density at radius 3 is 2.60 bits per heavy atom. The van der Waals surface area contributed by atoms with Gasteiger partial charge < -0.3 is 38.8 Å². The molecule has 0 amide bonds. The van der Waals surface area contributed by atoms with Crippen LogP contribution in [0.15, 0.2) is 42.5 Å². The summed E-state index contributed by atoms with van der Waals surface area (Å²) >= 11 is 0. The summed E-state index contributed by atoms with van der Waals surface area (Å²) in [5, 5.41) is 3.72. The van der Waals surface area contributed by atoms with Gasteiger partial charge in [-0.3, -0.25) is 0 Å². The van der Waals surface area contributed by atoms with E-state index in [1.807, 2.05) is 6.92 Å². The maximum atomic E-state index is 6.80. The summed E-state index contributed by atoms with van der Waals surface area (Å²) in [6.45, 7) is 15.4. The Morgan fingerprint density at radius 2 is 1.81 bits per heavy atom. The van der Waals surface area contributed by atoms with Gasteiger partial charge in [-0.2, -0.15) is 0 Å². The van der Waals surface area contributed by atoms with Gasteiger partial charge in [0, 0.05) is 45.9 Å². The van der Waals surface area contributed by atoms with Crippen molar-refractivity contribution in [3.63, 3.8) is 0 Å². The zero-order valence-corrected chi connectivity index (χ0v) is 26.6. The smallest absolute Gasteiger partial charge is 0.142 e. The van der Waals surface area contributed by atoms with E-state index >= 15 is 0 Å². The molecule has 0 spiro atoms. The molecule has 5 rings (SSSR count). The summed E-state index contributed by atoms with van der Waals surface area (Å²) in [5.74, 6) is 1.80. The van der Waals surface area contributed by atoms with Gasteiger partial charge in [0.2, 0.25) is 0 Å². The van der Waals surface area contributed by atoms with Crippen molar-refractivity contribution in [3.05, 3.63) is 59.2 Å². The molecule has 0 aromatic heterocycles. The van der Waals surface area contributed by atoms with Crippen LogP contribution in [-0.4, -0.2) is 96.5 Å². The number of anilines is 1. The van der Waals surface area contributed by atoms with Crippen LogP contribution in [0.3, 0.4) is 0 Å². The number of hydrogen-bond donors (Lipinski definition) is 1. The largest absolute Gasteiger partial charge is 0.490 e. The molecule has 2 fully saturated rings. The molecule has 2 saturated heterocycles. The van der Waals surface area contributed by atoms with Crippen LogP contribution in [0.5, 0.6) is 5.75 Å². The average Bonchev–Trinajstić information content (AvgIpc) is 3.54. The molecule has 8 nitrogen and oxygen atoms in total. The Morgan fingerprint density at radius 1 is 1.00 bits per heavy atom. The molecule has 2 aromatic rings. The van der Waals surface area contributed by atoms with Crippen molar-refractivity contribution in [2.24, 2.45) is 5.92 Å². The highest BCUT2D eigenvalue weighted by Crippen LogP contribution is 2.36. The molecule has 43 heavy (non-hydrogen) atoms. The third kappa shape index (κ3) is 9.16. The van der Waals surface area contributed by atoms with Crippen molar-refractivity contribution in [3.8, 4) is 5.75 Å². The monoisotopic (exact) mass is 595 g/mol. The molecule has 238 valence electrons. The minimum atomic E-state index is 0.0978. The van der Waals surface area contributed by atoms with Gasteiger partial charge in [-0.15, -0.1) is 0 Å². The number of piperidine rings is 1. The van der Waals surface area contributed by atoms with Gasteiger partial charge in [-0.05, 0) is 87.5 Å². The highest BCUT2D eigenvalue weighted by Gasteiger charge is 2.36. The molecule has 0 bridgehead atoms. The van der Waals surface area contributed by atoms with Crippen LogP contribution in [0.4, 0.5) is 5.69 Å². The van der Waals surface area contributed by atoms with Crippen molar-refractivity contribution in [1.82, 2.24) is 10.2 Å². The van der Waals surface area contributed by atoms with Crippen molar-refractivity contribution in [2.75, 3.05) is 84.3 Å². The van der Waals surface area contributed by atoms with Crippen LogP contribution < -0.4 is 15.0 Å². The normalized spacial score (nSPS) is 23.2. The Balaban J connectivity index is 1.26. The number of ether oxygens (including phenoxy) is 5. The number of methoxy groups -OCH3 is 1. The second-order valence-corrected chi connectivity index (χ2v) is 12.3. The van der Waals surface area contributed by atoms with Gasteiger partial charge in [-0.25, -0.2) is 0 Å². The fourth-order valence-electron chi connectivity index (χ4n) is 6.85. The first-order valence-corrected chi connectivity index (χ1v) is 16.5. The van der Waals surface area contributed by atoms with Gasteiger partial charge in [0.05, 0.1) is 44.3 Å². The van der Waals surface area contributed by atoms with Crippen LogP contribution in [0.1, 0.15) is 55.7 Å². The lowest BCUT2D eigenvalue weighted by Crippen LogP contribution is -2.50. The first kappa shape index (κ1) is 32.2. The topological polar surface area (TPSA) is 64.7 Å². The van der Waals surface area contributed by atoms with E-state index in [9.17, 15) is 0 Å². The highest BCUT2D eigenvalue weighted by molar-refractivity contribution is 5.61. The third-order valence-corrected chi connectivity index (χ3v) is 9.01. The first-order valence-electron chi connectivity index (χ1n) is 16.5. The Bertz CT molecular complexity index is 1090. The van der Waals surface area contributed by atoms with Crippen molar-refractivity contribution < 1.29 is 23.7 Å². The molecule has 3 aliphatic rings. The quantitative estimate of drug-likeness (QED) is 0.277. The number of likely N-dealkylation sites (tertiary alicyclic amines) is 1. The number of nitrogens with zero attached hydrogens (tertiary/aromatic N) is 2. The summed E-state index contributed by atoms with van der Waals surface area (Å²) in [7, 11) is 1.76. The van der Waals surface area contributed by atoms with E-state index in [1.165, 1.54) is 48.3 Å². The van der Waals surface area contributed by atoms with E-state index in [2.05, 4.69) is 64.5 Å². The minimum Gasteiger partial charge on any atom is -0.490 e. The fraction of sp³-hybridized carbons (Fsp3) is 0.657. The Kier molecular flexibility index (Phi) is 12.5. The summed E-state index contributed by atoms with van der Waals surface area (Å²) < 4.78 is 29.6. The SMILES string of the molecule is CCO[C@H](C)COCc1ccc([C@H]2[C@H](CN3CCCC3)CNC[C@@H]2OCc2ccc3c(c2)N(CCCOC)CCO3)cc1. The van der Waals surface area contributed by atoms with Crippen LogP contribution in [0, 0.1) is 5.92 Å². The van der Waals surface area contributed by atoms with Gasteiger partial charge in [0.15, 0.2) is 0 Å². The summed E-state index contributed by atoms with van der Waals surface area (Å²) in [4.78, 5) is 5.06. The van der Waals surface area contributed by atoms with E-state index in [0.29, 0.717) is 38.3 Å². The van der Waals surface area contributed by atoms with Gasteiger partial charge >= 0.3 is 0 Å². The Hall–Kier alpha value is -2.20. The van der Waals surface area contributed by atoms with Crippen molar-refractivity contribution in [1.29, 1.82) is 0 Å². The number of nitrogens with one attached hydrogen (secondary N) is 1. The van der Waals surface area contributed by atoms with Crippen LogP contribution in [0.25, 0.3) is 0 Å². The first-order chi connectivity index (χ1) is 21.1. The lowest BCUT2D eigenvalue weighted by molar-refractivity contribution is -0.0107. The van der Waals surface area contributed by atoms with Crippen molar-refractivity contribution in [2.45, 2.75) is 64.4 Å². The second-order valence-electron chi connectivity index (χ2n) is 12.3. The molecule has 0 aliphatic carbocycles. The highest BCUT2D eigenvalue weighted by atomic mass is 16.5. The third-order valence-electron chi connectivity index (χ3n) is 9.01. The van der Waals surface area contributed by atoms with Crippen LogP contribution in [-0.2, 0) is 32.2 Å². The molecular weight excluding hydrogens is 542 g/mol. The number of hydrogen-bond acceptors (Lipinski definition) is 8. The number of benzene rings is 2. The standard InChI is InChI=1S/C35H53N3O5/c1-4-41-27(2)24-40-25-28-8-11-30(12-9-28)35-31(23-37-14-5-6-15-37)21-36-22-34(35)43-26-29-10-13-33-32(20-29)38(17-19-42-33)16-7-18-39-3/h8-13,20,27,31,34-36H,4-7,14-19,21-26H2,1-3H3/t27-,31+,34+,35+/m1/s1. The molecule has 0 saturated carbocycles. The summed E-state index contributed by atoms with van der Waals surface area (Å²) in [6, 6.07) is 15.6. The van der Waals surface area contributed by atoms with E-state index in [4.69, 9.17) is 23.7 Å². The molecule has 2 aromatic carbocycles. The maximum Gasteiger partial charge on any atom is 0.142 e. The predicted octanol–water partition coefficient (Wildman–Crippen LogP) is 4.85. The predicted molar refractivity (Wildman–Crippen MR) is 171 cm³/mol. The Labute approximate surface area is 259 Å². The van der Waals surface area contributed by atoms with Gasteiger partial charge in [-0.1, -0.05) is 30.3 Å². The second kappa shape index (κ2) is 16.8. The van der Waals surface area contributed by atoms with Crippen LogP contribution >= 0.6 is 0 Å². The number of rotatable bonds is 16. The fourth-order valence-corrected chi connectivity index (χ4v) is 6.85. The van der Waals surface area contributed by atoms with E-state index in [0.717, 1.165) is 58.1 Å². The molecular formula is C35H53N3O5.